The van der Waals surface area contributed by atoms with Crippen LogP contribution in [0.25, 0.3) is 11.3 Å². The molecule has 0 spiro atoms. The normalized spacial score (nSPS) is 10.1. The minimum absolute atomic E-state index is 0.0950. The molecule has 0 atom stereocenters. The van der Waals surface area contributed by atoms with E-state index in [0.717, 1.165) is 17.0 Å². The summed E-state index contributed by atoms with van der Waals surface area (Å²) < 4.78 is 6.82. The highest BCUT2D eigenvalue weighted by atomic mass is 16.5. The zero-order chi connectivity index (χ0) is 14.5. The fourth-order valence-corrected chi connectivity index (χ4v) is 2.17. The molecule has 1 aromatic carbocycles. The van der Waals surface area contributed by atoms with Gasteiger partial charge in [0.25, 0.3) is 5.56 Å². The number of ether oxygens (including phenoxy) is 1. The lowest BCUT2D eigenvalue weighted by atomic mass is 10.1. The number of pyridine rings is 1. The summed E-state index contributed by atoms with van der Waals surface area (Å²) in [6.07, 6.45) is 0.141. The molecule has 1 heterocycles. The minimum Gasteiger partial charge on any atom is -0.497 e. The molecule has 0 unspecified atom stereocenters. The number of aromatic nitrogens is 1. The van der Waals surface area contributed by atoms with Crippen molar-refractivity contribution in [3.8, 4) is 23.1 Å². The van der Waals surface area contributed by atoms with Crippen molar-refractivity contribution < 1.29 is 4.74 Å². The zero-order valence-corrected chi connectivity index (χ0v) is 11.6. The molecule has 102 valence electrons. The van der Waals surface area contributed by atoms with Crippen LogP contribution in [-0.4, -0.2) is 11.7 Å². The van der Waals surface area contributed by atoms with E-state index in [1.54, 1.807) is 17.7 Å². The summed E-state index contributed by atoms with van der Waals surface area (Å²) in [7, 11) is 1.62. The maximum Gasteiger partial charge on any atom is 0.255 e. The third-order valence-corrected chi connectivity index (χ3v) is 3.22. The molecule has 20 heavy (non-hydrogen) atoms. The van der Waals surface area contributed by atoms with E-state index in [-0.39, 0.29) is 12.0 Å². The molecule has 0 aliphatic heterocycles. The smallest absolute Gasteiger partial charge is 0.255 e. The van der Waals surface area contributed by atoms with E-state index < -0.39 is 0 Å². The molecule has 0 N–H and O–H groups in total. The zero-order valence-electron chi connectivity index (χ0n) is 11.6. The summed E-state index contributed by atoms with van der Waals surface area (Å²) >= 11 is 0. The number of nitriles is 1. The van der Waals surface area contributed by atoms with Gasteiger partial charge in [-0.3, -0.25) is 4.79 Å². The number of nitrogens with zero attached hydrogens (tertiary/aromatic N) is 2. The van der Waals surface area contributed by atoms with E-state index in [2.05, 4.69) is 0 Å². The maximum atomic E-state index is 12.3. The van der Waals surface area contributed by atoms with Gasteiger partial charge >= 0.3 is 0 Å². The second-order valence-corrected chi connectivity index (χ2v) is 4.36. The van der Waals surface area contributed by atoms with Gasteiger partial charge in [0.15, 0.2) is 0 Å². The lowest BCUT2D eigenvalue weighted by Crippen LogP contribution is -2.24. The highest BCUT2D eigenvalue weighted by Crippen LogP contribution is 2.21. The Balaban J connectivity index is 2.53. The van der Waals surface area contributed by atoms with Gasteiger partial charge < -0.3 is 9.30 Å². The van der Waals surface area contributed by atoms with Crippen molar-refractivity contribution in [1.29, 1.82) is 5.26 Å². The minimum atomic E-state index is -0.0950. The molecule has 0 radical (unpaired) electrons. The first-order chi connectivity index (χ1) is 9.71. The van der Waals surface area contributed by atoms with E-state index in [9.17, 15) is 4.79 Å². The Labute approximate surface area is 117 Å². The van der Waals surface area contributed by atoms with E-state index >= 15 is 0 Å². The standard InChI is InChI=1S/C16H16N2O2/c1-3-18-15(9-6-13(10-11-17)16(18)19)12-4-7-14(20-2)8-5-12/h4-9H,3,10H2,1-2H3. The molecule has 0 aliphatic carbocycles. The van der Waals surface area contributed by atoms with Crippen LogP contribution in [0.5, 0.6) is 5.75 Å². The van der Waals surface area contributed by atoms with Gasteiger partial charge in [0, 0.05) is 12.1 Å². The second-order valence-electron chi connectivity index (χ2n) is 4.36. The molecular weight excluding hydrogens is 252 g/mol. The van der Waals surface area contributed by atoms with Crippen LogP contribution < -0.4 is 10.3 Å². The monoisotopic (exact) mass is 268 g/mol. The lowest BCUT2D eigenvalue weighted by Gasteiger charge is -2.12. The van der Waals surface area contributed by atoms with Crippen molar-refractivity contribution in [3.63, 3.8) is 0 Å². The fourth-order valence-electron chi connectivity index (χ4n) is 2.17. The van der Waals surface area contributed by atoms with E-state index in [1.165, 1.54) is 0 Å². The van der Waals surface area contributed by atoms with Gasteiger partial charge in [-0.15, -0.1) is 0 Å². The van der Waals surface area contributed by atoms with Crippen LogP contribution in [0, 0.1) is 11.3 Å². The van der Waals surface area contributed by atoms with E-state index in [1.807, 2.05) is 43.3 Å². The van der Waals surface area contributed by atoms with Crippen molar-refractivity contribution in [2.24, 2.45) is 0 Å². The molecule has 1 aromatic heterocycles. The highest BCUT2D eigenvalue weighted by Gasteiger charge is 2.09. The van der Waals surface area contributed by atoms with Crippen LogP contribution in [0.2, 0.25) is 0 Å². The average molecular weight is 268 g/mol. The number of benzene rings is 1. The maximum absolute atomic E-state index is 12.3. The molecule has 0 aliphatic rings. The van der Waals surface area contributed by atoms with Crippen molar-refractivity contribution in [2.75, 3.05) is 7.11 Å². The van der Waals surface area contributed by atoms with Crippen LogP contribution >= 0.6 is 0 Å². The van der Waals surface area contributed by atoms with Crippen LogP contribution in [0.3, 0.4) is 0 Å². The van der Waals surface area contributed by atoms with Gasteiger partial charge in [0.05, 0.1) is 25.3 Å². The van der Waals surface area contributed by atoms with Crippen molar-refractivity contribution in [3.05, 3.63) is 52.3 Å². The van der Waals surface area contributed by atoms with Gasteiger partial charge in [-0.05, 0) is 42.8 Å². The fraction of sp³-hybridized carbons (Fsp3) is 0.250. The Kier molecular flexibility index (Phi) is 4.21. The number of rotatable bonds is 4. The van der Waals surface area contributed by atoms with Gasteiger partial charge in [-0.25, -0.2) is 0 Å². The number of hydrogen-bond donors (Lipinski definition) is 0. The van der Waals surface area contributed by atoms with Crippen LogP contribution in [0.1, 0.15) is 12.5 Å². The molecule has 0 saturated carbocycles. The Bertz CT molecular complexity index is 694. The van der Waals surface area contributed by atoms with Crippen LogP contribution in [-0.2, 0) is 13.0 Å². The van der Waals surface area contributed by atoms with Crippen molar-refractivity contribution in [1.82, 2.24) is 4.57 Å². The summed E-state index contributed by atoms with van der Waals surface area (Å²) in [6, 6.07) is 13.2. The third kappa shape index (κ3) is 2.57. The number of methoxy groups -OCH3 is 1. The summed E-state index contributed by atoms with van der Waals surface area (Å²) in [5, 5.41) is 8.74. The summed E-state index contributed by atoms with van der Waals surface area (Å²) in [5.74, 6) is 0.778. The van der Waals surface area contributed by atoms with Crippen LogP contribution in [0.4, 0.5) is 0 Å². The number of hydrogen-bond acceptors (Lipinski definition) is 3. The summed E-state index contributed by atoms with van der Waals surface area (Å²) in [4.78, 5) is 12.3. The third-order valence-electron chi connectivity index (χ3n) is 3.22. The van der Waals surface area contributed by atoms with Gasteiger partial charge in [-0.1, -0.05) is 6.07 Å². The predicted octanol–water partition coefficient (Wildman–Crippen LogP) is 2.61. The Hall–Kier alpha value is -2.54. The molecule has 0 bridgehead atoms. The topological polar surface area (TPSA) is 55.0 Å². The SMILES string of the molecule is CCn1c(-c2ccc(OC)cc2)ccc(CC#N)c1=O. The van der Waals surface area contributed by atoms with E-state index in [4.69, 9.17) is 10.00 Å². The molecule has 0 fully saturated rings. The second kappa shape index (κ2) is 6.07. The Morgan fingerprint density at radius 2 is 1.90 bits per heavy atom. The predicted molar refractivity (Wildman–Crippen MR) is 77.7 cm³/mol. The van der Waals surface area contributed by atoms with Gasteiger partial charge in [0.1, 0.15) is 5.75 Å². The molecule has 4 heteroatoms. The molecule has 2 rings (SSSR count). The molecule has 2 aromatic rings. The van der Waals surface area contributed by atoms with Crippen LogP contribution in [0.15, 0.2) is 41.2 Å². The Morgan fingerprint density at radius 1 is 1.20 bits per heavy atom. The average Bonchev–Trinajstić information content (AvgIpc) is 2.49. The first-order valence-corrected chi connectivity index (χ1v) is 6.45. The lowest BCUT2D eigenvalue weighted by molar-refractivity contribution is 0.415. The van der Waals surface area contributed by atoms with Crippen molar-refractivity contribution in [2.45, 2.75) is 19.9 Å². The molecular formula is C16H16N2O2. The Morgan fingerprint density at radius 3 is 2.45 bits per heavy atom. The first-order valence-electron chi connectivity index (χ1n) is 6.45. The summed E-state index contributed by atoms with van der Waals surface area (Å²) in [5.41, 5.74) is 2.24. The largest absolute Gasteiger partial charge is 0.497 e. The highest BCUT2D eigenvalue weighted by molar-refractivity contribution is 5.61. The van der Waals surface area contributed by atoms with E-state index in [0.29, 0.717) is 12.1 Å². The van der Waals surface area contributed by atoms with Gasteiger partial charge in [-0.2, -0.15) is 5.26 Å². The molecule has 4 nitrogen and oxygen atoms in total. The first kappa shape index (κ1) is 13.9. The molecule has 0 amide bonds. The van der Waals surface area contributed by atoms with Gasteiger partial charge in [0.2, 0.25) is 0 Å². The van der Waals surface area contributed by atoms with Crippen molar-refractivity contribution >= 4 is 0 Å². The molecule has 0 saturated heterocycles. The quantitative estimate of drug-likeness (QED) is 0.856. The summed E-state index contributed by atoms with van der Waals surface area (Å²) in [6.45, 7) is 2.49.